The Kier molecular flexibility index (Phi) is 9.78. The predicted molar refractivity (Wildman–Crippen MR) is 150 cm³/mol. The van der Waals surface area contributed by atoms with Crippen LogP contribution in [0.1, 0.15) is 64.0 Å². The number of amides is 1. The molecule has 1 amide bonds. The maximum absolute atomic E-state index is 13.8. The van der Waals surface area contributed by atoms with Gasteiger partial charge in [-0.1, -0.05) is 32.9 Å². The maximum Gasteiger partial charge on any atom is 0.416 e. The third-order valence-corrected chi connectivity index (χ3v) is 9.24. The number of hydrogen-bond donors (Lipinski definition) is 0. The number of hydrogen-bond acceptors (Lipinski definition) is 3. The third kappa shape index (κ3) is 7.61. The lowest BCUT2D eigenvalue weighted by Crippen LogP contribution is -2.41. The van der Waals surface area contributed by atoms with E-state index in [2.05, 4.69) is 0 Å². The molecule has 16 heteroatoms. The highest BCUT2D eigenvalue weighted by Crippen LogP contribution is 2.51. The Labute approximate surface area is 268 Å². The second kappa shape index (κ2) is 12.5. The minimum absolute atomic E-state index is 0.0326. The van der Waals surface area contributed by atoms with Crippen molar-refractivity contribution in [1.82, 2.24) is 4.90 Å². The summed E-state index contributed by atoms with van der Waals surface area (Å²) in [5.74, 6) is -7.87. The molecular formula is C32H33F12NO3. The molecule has 4 atom stereocenters. The summed E-state index contributed by atoms with van der Waals surface area (Å²) in [6.45, 7) is 5.86. The van der Waals surface area contributed by atoms with Gasteiger partial charge in [-0.05, 0) is 78.0 Å². The Morgan fingerprint density at radius 1 is 0.979 bits per heavy atom. The smallest absolute Gasteiger partial charge is 0.416 e. The molecule has 1 fully saturated rings. The highest BCUT2D eigenvalue weighted by atomic mass is 19.4. The highest BCUT2D eigenvalue weighted by Gasteiger charge is 2.58. The molecule has 1 aromatic carbocycles. The summed E-state index contributed by atoms with van der Waals surface area (Å²) in [5, 5.41) is 0. The number of cyclic esters (lactones) is 1. The van der Waals surface area contributed by atoms with E-state index < -0.39 is 82.8 Å². The lowest BCUT2D eigenvalue weighted by Gasteiger charge is -2.36. The van der Waals surface area contributed by atoms with E-state index >= 15 is 0 Å². The van der Waals surface area contributed by atoms with Crippen LogP contribution in [0.3, 0.4) is 0 Å². The van der Waals surface area contributed by atoms with Crippen LogP contribution in [0.4, 0.5) is 57.5 Å². The van der Waals surface area contributed by atoms with E-state index in [0.717, 1.165) is 24.0 Å². The molecule has 0 radical (unpaired) electrons. The van der Waals surface area contributed by atoms with Crippen molar-refractivity contribution in [1.29, 1.82) is 0 Å². The first-order valence-electron chi connectivity index (χ1n) is 14.8. The first-order chi connectivity index (χ1) is 21.8. The monoisotopic (exact) mass is 707 g/mol. The van der Waals surface area contributed by atoms with E-state index in [1.54, 1.807) is 0 Å². The number of halogens is 12. The first-order valence-corrected chi connectivity index (χ1v) is 14.8. The topological polar surface area (TPSA) is 38.8 Å². The fourth-order valence-corrected chi connectivity index (χ4v) is 6.76. The molecule has 2 unspecified atom stereocenters. The number of carbonyl (C=O) groups excluding carboxylic acids is 1. The molecule has 0 saturated carbocycles. The van der Waals surface area contributed by atoms with Gasteiger partial charge < -0.3 is 9.47 Å². The average molecular weight is 708 g/mol. The van der Waals surface area contributed by atoms with Crippen LogP contribution in [0, 0.1) is 17.3 Å². The zero-order valence-corrected chi connectivity index (χ0v) is 26.3. The van der Waals surface area contributed by atoms with Crippen LogP contribution in [-0.2, 0) is 4.74 Å². The highest BCUT2D eigenvalue weighted by molar-refractivity contribution is 5.77. The van der Waals surface area contributed by atoms with Gasteiger partial charge in [0, 0.05) is 12.1 Å². The molecule has 0 N–H and O–H groups in total. The molecule has 1 aromatic rings. The number of allylic oxidation sites excluding steroid dienone is 4. The standard InChI is InChI=1S/C32H33F12NO3/c1-15-21(11-19(29(33,34)35)12-23(15)30(36,37)38)25-16(2)45(27(46)48-25)14-18-13-28(3,4)9-8-20(18)22-10-17(6-7-24(22)47-5)26(31(39,40)41)32(42,43)44/h6-7,10-12,15-16,23,25-26H,8-9,13-14H2,1-5H3/t15?,16-,23?,25-/m0/s1. The van der Waals surface area contributed by atoms with Crippen molar-refractivity contribution in [2.45, 2.75) is 89.7 Å². The van der Waals surface area contributed by atoms with Crippen molar-refractivity contribution in [3.05, 3.63) is 58.2 Å². The fourth-order valence-electron chi connectivity index (χ4n) is 6.76. The van der Waals surface area contributed by atoms with Gasteiger partial charge in [-0.2, -0.15) is 52.7 Å². The van der Waals surface area contributed by atoms with Crippen molar-refractivity contribution in [3.8, 4) is 5.75 Å². The van der Waals surface area contributed by atoms with E-state index in [-0.39, 0.29) is 36.8 Å². The number of methoxy groups -OCH3 is 1. The quantitative estimate of drug-likeness (QED) is 0.277. The van der Waals surface area contributed by atoms with Gasteiger partial charge in [0.15, 0.2) is 5.92 Å². The second-order valence-corrected chi connectivity index (χ2v) is 13.2. The molecule has 0 bridgehead atoms. The fraction of sp³-hybridized carbons (Fsp3) is 0.594. The number of rotatable bonds is 6. The van der Waals surface area contributed by atoms with E-state index in [4.69, 9.17) is 9.47 Å². The van der Waals surface area contributed by atoms with Crippen LogP contribution >= 0.6 is 0 Å². The molecule has 4 rings (SSSR count). The van der Waals surface area contributed by atoms with Crippen molar-refractivity contribution < 1.29 is 67.0 Å². The Hall–Kier alpha value is -3.33. The first kappa shape index (κ1) is 37.5. The summed E-state index contributed by atoms with van der Waals surface area (Å²) >= 11 is 0. The molecule has 1 heterocycles. The molecular weight excluding hydrogens is 674 g/mol. The van der Waals surface area contributed by atoms with E-state index in [0.29, 0.717) is 29.7 Å². The number of carbonyl (C=O) groups is 1. The van der Waals surface area contributed by atoms with Gasteiger partial charge in [0.05, 0.1) is 24.6 Å². The lowest BCUT2D eigenvalue weighted by atomic mass is 9.72. The number of alkyl halides is 12. The van der Waals surface area contributed by atoms with Crippen LogP contribution in [0.5, 0.6) is 5.75 Å². The third-order valence-electron chi connectivity index (χ3n) is 9.24. The van der Waals surface area contributed by atoms with Crippen LogP contribution in [0.2, 0.25) is 0 Å². The predicted octanol–water partition coefficient (Wildman–Crippen LogP) is 10.3. The van der Waals surface area contributed by atoms with Crippen molar-refractivity contribution in [2.24, 2.45) is 17.3 Å². The lowest BCUT2D eigenvalue weighted by molar-refractivity contribution is -0.253. The summed E-state index contributed by atoms with van der Waals surface area (Å²) in [5.41, 5.74) is -2.81. The summed E-state index contributed by atoms with van der Waals surface area (Å²) in [6, 6.07) is 1.31. The number of ether oxygens (including phenoxy) is 2. The van der Waals surface area contributed by atoms with Gasteiger partial charge in [-0.25, -0.2) is 4.79 Å². The summed E-state index contributed by atoms with van der Waals surface area (Å²) in [7, 11) is 1.18. The molecule has 268 valence electrons. The average Bonchev–Trinajstić information content (AvgIpc) is 3.18. The molecule has 2 aliphatic carbocycles. The summed E-state index contributed by atoms with van der Waals surface area (Å²) in [4.78, 5) is 14.3. The molecule has 3 aliphatic rings. The zero-order chi connectivity index (χ0) is 36.4. The molecule has 1 saturated heterocycles. The van der Waals surface area contributed by atoms with Gasteiger partial charge in [0.1, 0.15) is 11.9 Å². The number of benzene rings is 1. The molecule has 48 heavy (non-hydrogen) atoms. The SMILES string of the molecule is COc1ccc(C(C(F)(F)F)C(F)(F)F)cc1C1=C(CN2C(=O)O[C@H](C3=CC(C(F)(F)F)=CC(C(F)(F)F)C3C)[C@@H]2C)CC(C)(C)CC1. The number of nitrogens with zero attached hydrogens (tertiary/aromatic N) is 1. The van der Waals surface area contributed by atoms with Gasteiger partial charge in [-0.3, -0.25) is 4.90 Å². The van der Waals surface area contributed by atoms with Gasteiger partial charge >= 0.3 is 30.8 Å². The van der Waals surface area contributed by atoms with Gasteiger partial charge in [-0.15, -0.1) is 0 Å². The van der Waals surface area contributed by atoms with E-state index in [1.165, 1.54) is 14.0 Å². The molecule has 0 spiro atoms. The summed E-state index contributed by atoms with van der Waals surface area (Å²) in [6.07, 6.45) is -22.6. The van der Waals surface area contributed by atoms with Gasteiger partial charge in [0.25, 0.3) is 0 Å². The zero-order valence-electron chi connectivity index (χ0n) is 26.3. The Bertz CT molecular complexity index is 1480. The molecule has 0 aromatic heterocycles. The van der Waals surface area contributed by atoms with Crippen LogP contribution in [0.25, 0.3) is 5.57 Å². The second-order valence-electron chi connectivity index (χ2n) is 13.2. The van der Waals surface area contributed by atoms with E-state index in [1.807, 2.05) is 13.8 Å². The van der Waals surface area contributed by atoms with Crippen molar-refractivity contribution >= 4 is 11.7 Å². The van der Waals surface area contributed by atoms with Crippen molar-refractivity contribution in [2.75, 3.05) is 13.7 Å². The Balaban J connectivity index is 1.78. The largest absolute Gasteiger partial charge is 0.496 e. The maximum atomic E-state index is 13.8. The minimum Gasteiger partial charge on any atom is -0.496 e. The Morgan fingerprint density at radius 3 is 2.10 bits per heavy atom. The molecule has 4 nitrogen and oxygen atoms in total. The minimum atomic E-state index is -5.67. The Morgan fingerprint density at radius 2 is 1.58 bits per heavy atom. The van der Waals surface area contributed by atoms with Crippen LogP contribution in [0.15, 0.2) is 47.1 Å². The van der Waals surface area contributed by atoms with Gasteiger partial charge in [0.2, 0.25) is 0 Å². The molecule has 1 aliphatic heterocycles. The van der Waals surface area contributed by atoms with E-state index in [9.17, 15) is 57.5 Å². The normalized spacial score (nSPS) is 25.7. The van der Waals surface area contributed by atoms with Crippen molar-refractivity contribution in [3.63, 3.8) is 0 Å². The summed E-state index contributed by atoms with van der Waals surface area (Å²) < 4.78 is 175. The van der Waals surface area contributed by atoms with Crippen LogP contribution < -0.4 is 4.74 Å². The van der Waals surface area contributed by atoms with Crippen LogP contribution in [-0.4, -0.2) is 61.5 Å².